The molecule has 0 saturated heterocycles. The molecule has 3 aromatic rings. The third kappa shape index (κ3) is 4.46. The summed E-state index contributed by atoms with van der Waals surface area (Å²) in [5.74, 6) is 0. The summed E-state index contributed by atoms with van der Waals surface area (Å²) in [7, 11) is 1.00. The topological polar surface area (TPSA) is 37.4 Å². The summed E-state index contributed by atoms with van der Waals surface area (Å²) in [6.07, 6.45) is 1.22. The highest BCUT2D eigenvalue weighted by atomic mass is 32.2. The van der Waals surface area contributed by atoms with Crippen LogP contribution in [0.25, 0.3) is 22.3 Å². The standard InChI is InChI=1S/C23H25NO2S/c1-17(24(2)3)18-5-7-19(8-6-18)20-9-11-21(12-10-20)22-13-15-23(16-14-22)27(4,25)26/h5-17H,1-4H3. The van der Waals surface area contributed by atoms with Gasteiger partial charge in [-0.3, -0.25) is 0 Å². The lowest BCUT2D eigenvalue weighted by molar-refractivity contribution is 0.321. The number of rotatable bonds is 5. The third-order valence-corrected chi connectivity index (χ3v) is 6.13. The van der Waals surface area contributed by atoms with Gasteiger partial charge in [0.05, 0.1) is 4.90 Å². The predicted octanol–water partition coefficient (Wildman–Crippen LogP) is 5.05. The van der Waals surface area contributed by atoms with Crippen LogP contribution in [0.5, 0.6) is 0 Å². The highest BCUT2D eigenvalue weighted by molar-refractivity contribution is 7.90. The summed E-state index contributed by atoms with van der Waals surface area (Å²) >= 11 is 0. The molecule has 0 spiro atoms. The van der Waals surface area contributed by atoms with Crippen molar-refractivity contribution in [1.29, 1.82) is 0 Å². The van der Waals surface area contributed by atoms with Gasteiger partial charge in [0.15, 0.2) is 9.84 Å². The maximum atomic E-state index is 11.6. The van der Waals surface area contributed by atoms with Gasteiger partial charge in [-0.05, 0) is 61.0 Å². The summed E-state index contributed by atoms with van der Waals surface area (Å²) in [5.41, 5.74) is 5.71. The molecule has 0 aliphatic heterocycles. The summed E-state index contributed by atoms with van der Waals surface area (Å²) < 4.78 is 23.2. The Morgan fingerprint density at radius 2 is 1.00 bits per heavy atom. The zero-order valence-corrected chi connectivity index (χ0v) is 17.0. The van der Waals surface area contributed by atoms with E-state index in [1.807, 2.05) is 12.1 Å². The van der Waals surface area contributed by atoms with E-state index in [0.717, 1.165) is 16.7 Å². The number of sulfone groups is 1. The van der Waals surface area contributed by atoms with Crippen LogP contribution in [0, 0.1) is 0 Å². The third-order valence-electron chi connectivity index (χ3n) is 5.00. The first-order valence-corrected chi connectivity index (χ1v) is 10.8. The molecule has 0 amide bonds. The van der Waals surface area contributed by atoms with Gasteiger partial charge >= 0.3 is 0 Å². The van der Waals surface area contributed by atoms with Crippen LogP contribution in [0.2, 0.25) is 0 Å². The van der Waals surface area contributed by atoms with Crippen LogP contribution in [0.1, 0.15) is 18.5 Å². The summed E-state index contributed by atoms with van der Waals surface area (Å²) in [4.78, 5) is 2.54. The smallest absolute Gasteiger partial charge is 0.175 e. The number of nitrogens with zero attached hydrogens (tertiary/aromatic N) is 1. The van der Waals surface area contributed by atoms with E-state index >= 15 is 0 Å². The highest BCUT2D eigenvalue weighted by Crippen LogP contribution is 2.27. The average molecular weight is 380 g/mol. The van der Waals surface area contributed by atoms with E-state index < -0.39 is 9.84 Å². The molecule has 0 bridgehead atoms. The first kappa shape index (κ1) is 19.3. The largest absolute Gasteiger partial charge is 0.303 e. The fraction of sp³-hybridized carbons (Fsp3) is 0.217. The number of hydrogen-bond donors (Lipinski definition) is 0. The van der Waals surface area contributed by atoms with E-state index in [0.29, 0.717) is 10.9 Å². The normalized spacial score (nSPS) is 12.9. The van der Waals surface area contributed by atoms with Crippen LogP contribution in [-0.4, -0.2) is 33.7 Å². The summed E-state index contributed by atoms with van der Waals surface area (Å²) in [5, 5.41) is 0. The second kappa shape index (κ2) is 7.67. The Morgan fingerprint density at radius 3 is 1.33 bits per heavy atom. The van der Waals surface area contributed by atoms with Crippen molar-refractivity contribution >= 4 is 9.84 Å². The molecule has 0 saturated carbocycles. The molecule has 140 valence electrons. The molecule has 3 rings (SSSR count). The van der Waals surface area contributed by atoms with Gasteiger partial charge in [-0.2, -0.15) is 0 Å². The molecule has 0 N–H and O–H groups in total. The van der Waals surface area contributed by atoms with Crippen molar-refractivity contribution in [3.8, 4) is 22.3 Å². The van der Waals surface area contributed by atoms with E-state index in [1.54, 1.807) is 12.1 Å². The van der Waals surface area contributed by atoms with Crippen LogP contribution in [0.3, 0.4) is 0 Å². The summed E-state index contributed by atoms with van der Waals surface area (Å²) in [6, 6.07) is 24.4. The average Bonchev–Trinajstić information content (AvgIpc) is 2.67. The van der Waals surface area contributed by atoms with Crippen molar-refractivity contribution in [2.24, 2.45) is 0 Å². The van der Waals surface area contributed by atoms with E-state index in [-0.39, 0.29) is 0 Å². The molecular formula is C23H25NO2S. The fourth-order valence-corrected chi connectivity index (χ4v) is 3.63. The van der Waals surface area contributed by atoms with Crippen molar-refractivity contribution in [2.75, 3.05) is 20.4 Å². The monoisotopic (exact) mass is 379 g/mol. The van der Waals surface area contributed by atoms with Gasteiger partial charge in [-0.1, -0.05) is 60.7 Å². The van der Waals surface area contributed by atoms with E-state index in [4.69, 9.17) is 0 Å². The van der Waals surface area contributed by atoms with E-state index in [1.165, 1.54) is 17.4 Å². The van der Waals surface area contributed by atoms with Gasteiger partial charge in [0, 0.05) is 12.3 Å². The lowest BCUT2D eigenvalue weighted by atomic mass is 9.98. The van der Waals surface area contributed by atoms with Gasteiger partial charge < -0.3 is 4.90 Å². The molecule has 3 aromatic carbocycles. The lowest BCUT2D eigenvalue weighted by Gasteiger charge is -2.20. The molecule has 0 aromatic heterocycles. The van der Waals surface area contributed by atoms with E-state index in [9.17, 15) is 8.42 Å². The second-order valence-electron chi connectivity index (χ2n) is 7.14. The van der Waals surface area contributed by atoms with Gasteiger partial charge in [-0.25, -0.2) is 8.42 Å². The molecule has 0 aliphatic rings. The second-order valence-corrected chi connectivity index (χ2v) is 9.15. The van der Waals surface area contributed by atoms with E-state index in [2.05, 4.69) is 74.4 Å². The lowest BCUT2D eigenvalue weighted by Crippen LogP contribution is -2.16. The summed E-state index contributed by atoms with van der Waals surface area (Å²) in [6.45, 7) is 2.19. The van der Waals surface area contributed by atoms with Crippen LogP contribution >= 0.6 is 0 Å². The first-order valence-electron chi connectivity index (χ1n) is 8.93. The van der Waals surface area contributed by atoms with Crippen LogP contribution in [0.4, 0.5) is 0 Å². The molecule has 0 heterocycles. The minimum atomic E-state index is -3.16. The molecule has 0 fully saturated rings. The Balaban J connectivity index is 1.81. The molecule has 1 atom stereocenters. The van der Waals surface area contributed by atoms with Gasteiger partial charge in [0.2, 0.25) is 0 Å². The Morgan fingerprint density at radius 1 is 0.667 bits per heavy atom. The van der Waals surface area contributed by atoms with Crippen LogP contribution in [-0.2, 0) is 9.84 Å². The van der Waals surface area contributed by atoms with Crippen LogP contribution in [0.15, 0.2) is 77.7 Å². The Kier molecular flexibility index (Phi) is 5.49. The number of benzene rings is 3. The van der Waals surface area contributed by atoms with Crippen molar-refractivity contribution in [2.45, 2.75) is 17.9 Å². The zero-order valence-electron chi connectivity index (χ0n) is 16.2. The predicted molar refractivity (Wildman–Crippen MR) is 113 cm³/mol. The quantitative estimate of drug-likeness (QED) is 0.623. The molecule has 4 heteroatoms. The first-order chi connectivity index (χ1) is 12.8. The Bertz CT molecular complexity index is 1000. The van der Waals surface area contributed by atoms with Gasteiger partial charge in [0.25, 0.3) is 0 Å². The Labute approximate surface area is 162 Å². The van der Waals surface area contributed by atoms with Gasteiger partial charge in [0.1, 0.15) is 0 Å². The van der Waals surface area contributed by atoms with Crippen molar-refractivity contribution in [3.05, 3.63) is 78.4 Å². The molecular weight excluding hydrogens is 354 g/mol. The number of hydrogen-bond acceptors (Lipinski definition) is 3. The van der Waals surface area contributed by atoms with Crippen LogP contribution < -0.4 is 0 Å². The van der Waals surface area contributed by atoms with Crippen molar-refractivity contribution < 1.29 is 8.42 Å². The molecule has 0 aliphatic carbocycles. The molecule has 0 radical (unpaired) electrons. The maximum Gasteiger partial charge on any atom is 0.175 e. The molecule has 27 heavy (non-hydrogen) atoms. The van der Waals surface area contributed by atoms with Crippen molar-refractivity contribution in [3.63, 3.8) is 0 Å². The molecule has 1 unspecified atom stereocenters. The fourth-order valence-electron chi connectivity index (χ4n) is 3.00. The van der Waals surface area contributed by atoms with Crippen molar-refractivity contribution in [1.82, 2.24) is 4.90 Å². The maximum absolute atomic E-state index is 11.6. The highest BCUT2D eigenvalue weighted by Gasteiger charge is 2.09. The Hall–Kier alpha value is -2.43. The minimum absolute atomic E-state index is 0.343. The van der Waals surface area contributed by atoms with Gasteiger partial charge in [-0.15, -0.1) is 0 Å². The SMILES string of the molecule is CC(c1ccc(-c2ccc(-c3ccc(S(C)(=O)=O)cc3)cc2)cc1)N(C)C. The minimum Gasteiger partial charge on any atom is -0.303 e. The zero-order chi connectivity index (χ0) is 19.6. The molecule has 3 nitrogen and oxygen atoms in total.